The number of aryl methyl sites for hydroxylation is 1. The first-order chi connectivity index (χ1) is 14.7. The molecule has 160 valence electrons. The zero-order chi connectivity index (χ0) is 22.5. The molecule has 8 nitrogen and oxygen atoms in total. The molecule has 3 aromatic rings. The van der Waals surface area contributed by atoms with Crippen LogP contribution >= 0.6 is 0 Å². The standard InChI is InChI=1S/C23H25N5O3/c1-14(2)20(26-22(30)16-6-4-15(3)5-7-16)23(31)25-17-8-10-18(11-9-17)28-13-12-19(27-28)21(24)29/h4-14,20H,1-3H3,(H2,24,29)(H,25,31)(H,26,30). The molecule has 3 rings (SSSR count). The molecule has 0 saturated heterocycles. The number of hydrogen-bond acceptors (Lipinski definition) is 4. The van der Waals surface area contributed by atoms with E-state index in [1.165, 1.54) is 10.7 Å². The summed E-state index contributed by atoms with van der Waals surface area (Å²) in [4.78, 5) is 36.5. The van der Waals surface area contributed by atoms with Crippen LogP contribution in [-0.4, -0.2) is 33.5 Å². The molecule has 0 bridgehead atoms. The van der Waals surface area contributed by atoms with Crippen molar-refractivity contribution in [3.05, 3.63) is 77.6 Å². The van der Waals surface area contributed by atoms with Crippen LogP contribution in [0.1, 0.15) is 40.3 Å². The van der Waals surface area contributed by atoms with Crippen molar-refractivity contribution in [1.29, 1.82) is 0 Å². The molecule has 8 heteroatoms. The molecular formula is C23H25N5O3. The van der Waals surface area contributed by atoms with Gasteiger partial charge in [-0.1, -0.05) is 31.5 Å². The molecule has 0 aliphatic rings. The summed E-state index contributed by atoms with van der Waals surface area (Å²) in [5.41, 5.74) is 8.23. The van der Waals surface area contributed by atoms with Gasteiger partial charge in [0.2, 0.25) is 5.91 Å². The zero-order valence-electron chi connectivity index (χ0n) is 17.6. The minimum Gasteiger partial charge on any atom is -0.364 e. The van der Waals surface area contributed by atoms with Crippen molar-refractivity contribution in [2.75, 3.05) is 5.32 Å². The lowest BCUT2D eigenvalue weighted by Crippen LogP contribution is -2.47. The molecule has 0 spiro atoms. The van der Waals surface area contributed by atoms with E-state index in [1.54, 1.807) is 42.6 Å². The normalized spacial score (nSPS) is 11.7. The van der Waals surface area contributed by atoms with Crippen LogP contribution in [0.25, 0.3) is 5.69 Å². The van der Waals surface area contributed by atoms with Crippen LogP contribution in [0.3, 0.4) is 0 Å². The number of carbonyl (C=O) groups excluding carboxylic acids is 3. The van der Waals surface area contributed by atoms with E-state index in [2.05, 4.69) is 15.7 Å². The summed E-state index contributed by atoms with van der Waals surface area (Å²) in [5, 5.41) is 9.74. The maximum Gasteiger partial charge on any atom is 0.269 e. The minimum absolute atomic E-state index is 0.107. The molecule has 31 heavy (non-hydrogen) atoms. The Hall–Kier alpha value is -3.94. The van der Waals surface area contributed by atoms with Crippen molar-refractivity contribution in [3.8, 4) is 5.69 Å². The Kier molecular flexibility index (Phi) is 6.49. The predicted octanol–water partition coefficient (Wildman–Crippen LogP) is 2.67. The molecule has 3 amide bonds. The van der Waals surface area contributed by atoms with Crippen molar-refractivity contribution in [3.63, 3.8) is 0 Å². The number of rotatable bonds is 7. The summed E-state index contributed by atoms with van der Waals surface area (Å²) in [5.74, 6) is -1.31. The maximum absolute atomic E-state index is 12.8. The summed E-state index contributed by atoms with van der Waals surface area (Å²) in [6.45, 7) is 5.69. The molecule has 1 aromatic heterocycles. The van der Waals surface area contributed by atoms with Gasteiger partial charge in [-0.05, 0) is 55.3 Å². The van der Waals surface area contributed by atoms with E-state index in [4.69, 9.17) is 5.73 Å². The number of primary amides is 1. The third kappa shape index (κ3) is 5.36. The van der Waals surface area contributed by atoms with Crippen molar-refractivity contribution in [2.45, 2.75) is 26.8 Å². The molecular weight excluding hydrogens is 394 g/mol. The highest BCUT2D eigenvalue weighted by Gasteiger charge is 2.24. The van der Waals surface area contributed by atoms with Gasteiger partial charge in [0.15, 0.2) is 0 Å². The Balaban J connectivity index is 1.68. The van der Waals surface area contributed by atoms with Crippen LogP contribution in [0.4, 0.5) is 5.69 Å². The Morgan fingerprint density at radius 2 is 1.61 bits per heavy atom. The van der Waals surface area contributed by atoms with Gasteiger partial charge in [-0.25, -0.2) is 4.68 Å². The SMILES string of the molecule is Cc1ccc(C(=O)NC(C(=O)Nc2ccc(-n3ccc(C(N)=O)n3)cc2)C(C)C)cc1. The highest BCUT2D eigenvalue weighted by Crippen LogP contribution is 2.15. The van der Waals surface area contributed by atoms with Crippen molar-refractivity contribution < 1.29 is 14.4 Å². The Bertz CT molecular complexity index is 1090. The van der Waals surface area contributed by atoms with Gasteiger partial charge >= 0.3 is 0 Å². The van der Waals surface area contributed by atoms with Gasteiger partial charge in [-0.2, -0.15) is 5.10 Å². The van der Waals surface area contributed by atoms with E-state index >= 15 is 0 Å². The Morgan fingerprint density at radius 1 is 0.968 bits per heavy atom. The lowest BCUT2D eigenvalue weighted by Gasteiger charge is -2.22. The average Bonchev–Trinajstić information content (AvgIpc) is 3.23. The summed E-state index contributed by atoms with van der Waals surface area (Å²) in [6.07, 6.45) is 1.63. The molecule has 0 saturated carbocycles. The molecule has 0 aliphatic heterocycles. The third-order valence-electron chi connectivity index (χ3n) is 4.79. The van der Waals surface area contributed by atoms with Gasteiger partial charge in [0, 0.05) is 17.4 Å². The van der Waals surface area contributed by atoms with Gasteiger partial charge < -0.3 is 16.4 Å². The first-order valence-corrected chi connectivity index (χ1v) is 9.89. The van der Waals surface area contributed by atoms with Crippen LogP contribution in [0.5, 0.6) is 0 Å². The largest absolute Gasteiger partial charge is 0.364 e. The van der Waals surface area contributed by atoms with Crippen LogP contribution in [-0.2, 0) is 4.79 Å². The van der Waals surface area contributed by atoms with Gasteiger partial charge in [0.25, 0.3) is 11.8 Å². The summed E-state index contributed by atoms with van der Waals surface area (Å²) >= 11 is 0. The smallest absolute Gasteiger partial charge is 0.269 e. The number of amides is 3. The van der Waals surface area contributed by atoms with Gasteiger partial charge in [-0.15, -0.1) is 0 Å². The van der Waals surface area contributed by atoms with Crippen molar-refractivity contribution in [2.24, 2.45) is 11.7 Å². The summed E-state index contributed by atoms with van der Waals surface area (Å²) in [7, 11) is 0. The van der Waals surface area contributed by atoms with E-state index in [-0.39, 0.29) is 23.4 Å². The van der Waals surface area contributed by atoms with Gasteiger partial charge in [-0.3, -0.25) is 14.4 Å². The van der Waals surface area contributed by atoms with Gasteiger partial charge in [0.1, 0.15) is 11.7 Å². The summed E-state index contributed by atoms with van der Waals surface area (Å²) < 4.78 is 1.52. The second-order valence-corrected chi connectivity index (χ2v) is 7.61. The van der Waals surface area contributed by atoms with Crippen molar-refractivity contribution in [1.82, 2.24) is 15.1 Å². The number of benzene rings is 2. The fraction of sp³-hybridized carbons (Fsp3) is 0.217. The van der Waals surface area contributed by atoms with Crippen LogP contribution in [0, 0.1) is 12.8 Å². The first kappa shape index (κ1) is 21.8. The average molecular weight is 419 g/mol. The van der Waals surface area contributed by atoms with E-state index in [9.17, 15) is 14.4 Å². The summed E-state index contributed by atoms with van der Waals surface area (Å²) in [6, 6.07) is 15.0. The van der Waals surface area contributed by atoms with E-state index in [1.807, 2.05) is 32.9 Å². The Morgan fingerprint density at radius 3 is 2.16 bits per heavy atom. The maximum atomic E-state index is 12.8. The predicted molar refractivity (Wildman–Crippen MR) is 118 cm³/mol. The van der Waals surface area contributed by atoms with Gasteiger partial charge in [0.05, 0.1) is 5.69 Å². The topological polar surface area (TPSA) is 119 Å². The second-order valence-electron chi connectivity index (χ2n) is 7.61. The third-order valence-corrected chi connectivity index (χ3v) is 4.79. The van der Waals surface area contributed by atoms with Crippen LogP contribution in [0.2, 0.25) is 0 Å². The van der Waals surface area contributed by atoms with E-state index < -0.39 is 11.9 Å². The number of carbonyl (C=O) groups is 3. The number of aromatic nitrogens is 2. The highest BCUT2D eigenvalue weighted by atomic mass is 16.2. The zero-order valence-corrected chi connectivity index (χ0v) is 17.6. The van der Waals surface area contributed by atoms with Crippen LogP contribution in [0.15, 0.2) is 60.8 Å². The monoisotopic (exact) mass is 419 g/mol. The highest BCUT2D eigenvalue weighted by molar-refractivity contribution is 6.01. The molecule has 0 radical (unpaired) electrons. The van der Waals surface area contributed by atoms with Crippen LogP contribution < -0.4 is 16.4 Å². The van der Waals surface area contributed by atoms with E-state index in [0.717, 1.165) is 5.56 Å². The number of nitrogens with two attached hydrogens (primary N) is 1. The number of anilines is 1. The van der Waals surface area contributed by atoms with Crippen molar-refractivity contribution >= 4 is 23.4 Å². The molecule has 1 atom stereocenters. The fourth-order valence-electron chi connectivity index (χ4n) is 2.98. The Labute approximate surface area is 180 Å². The molecule has 1 heterocycles. The lowest BCUT2D eigenvalue weighted by molar-refractivity contribution is -0.118. The molecule has 0 aliphatic carbocycles. The second kappa shape index (κ2) is 9.25. The first-order valence-electron chi connectivity index (χ1n) is 9.89. The number of nitrogens with zero attached hydrogens (tertiary/aromatic N) is 2. The fourth-order valence-corrected chi connectivity index (χ4v) is 2.98. The molecule has 4 N–H and O–H groups in total. The quantitative estimate of drug-likeness (QED) is 0.545. The number of nitrogens with one attached hydrogen (secondary N) is 2. The molecule has 2 aromatic carbocycles. The minimum atomic E-state index is -0.697. The molecule has 0 fully saturated rings. The number of hydrogen-bond donors (Lipinski definition) is 3. The van der Waals surface area contributed by atoms with E-state index in [0.29, 0.717) is 16.9 Å². The molecule has 1 unspecified atom stereocenters. The lowest BCUT2D eigenvalue weighted by atomic mass is 10.0.